The van der Waals surface area contributed by atoms with E-state index in [4.69, 9.17) is 0 Å². The predicted octanol–water partition coefficient (Wildman–Crippen LogP) is 2.31. The minimum absolute atomic E-state index is 0.0235. The van der Waals surface area contributed by atoms with Crippen LogP contribution < -0.4 is 5.32 Å². The van der Waals surface area contributed by atoms with Crippen LogP contribution in [0.4, 0.5) is 4.79 Å². The van der Waals surface area contributed by atoms with Gasteiger partial charge in [-0.25, -0.2) is 9.69 Å². The fourth-order valence-electron chi connectivity index (χ4n) is 6.59. The number of amides is 5. The second-order valence-electron chi connectivity index (χ2n) is 9.75. The molecule has 1 saturated heterocycles. The SMILES string of the molecule is O=C(CN1C(=O)C(=O)N(Cc2ccccc2)C1=O)NCC12CC3CC(CC(C3)C1)C2. The van der Waals surface area contributed by atoms with Gasteiger partial charge in [0.1, 0.15) is 6.54 Å². The van der Waals surface area contributed by atoms with Gasteiger partial charge >= 0.3 is 17.8 Å². The minimum Gasteiger partial charge on any atom is -0.354 e. The number of hydrogen-bond acceptors (Lipinski definition) is 4. The highest BCUT2D eigenvalue weighted by atomic mass is 16.2. The zero-order valence-electron chi connectivity index (χ0n) is 17.0. The molecule has 5 amide bonds. The van der Waals surface area contributed by atoms with E-state index in [0.29, 0.717) is 6.54 Å². The maximum absolute atomic E-state index is 12.6. The van der Waals surface area contributed by atoms with Crippen LogP contribution in [-0.4, -0.2) is 46.6 Å². The Labute approximate surface area is 175 Å². The van der Waals surface area contributed by atoms with Crippen molar-refractivity contribution in [1.29, 1.82) is 0 Å². The number of nitrogens with zero attached hydrogens (tertiary/aromatic N) is 2. The molecule has 0 spiro atoms. The molecule has 7 nitrogen and oxygen atoms in total. The second kappa shape index (κ2) is 7.22. The molecule has 7 heteroatoms. The molecule has 4 bridgehead atoms. The van der Waals surface area contributed by atoms with E-state index in [9.17, 15) is 19.2 Å². The van der Waals surface area contributed by atoms with Gasteiger partial charge in [0.25, 0.3) is 0 Å². The summed E-state index contributed by atoms with van der Waals surface area (Å²) in [5.74, 6) is 0.192. The van der Waals surface area contributed by atoms with Crippen LogP contribution in [-0.2, 0) is 20.9 Å². The maximum Gasteiger partial charge on any atom is 0.335 e. The van der Waals surface area contributed by atoms with Gasteiger partial charge in [-0.2, -0.15) is 0 Å². The van der Waals surface area contributed by atoms with Crippen LogP contribution >= 0.6 is 0 Å². The molecular formula is C23H27N3O4. The van der Waals surface area contributed by atoms with E-state index in [0.717, 1.165) is 33.1 Å². The Hall–Kier alpha value is -2.70. The molecule has 1 heterocycles. The molecular weight excluding hydrogens is 382 g/mol. The monoisotopic (exact) mass is 409 g/mol. The highest BCUT2D eigenvalue weighted by Crippen LogP contribution is 2.59. The summed E-state index contributed by atoms with van der Waals surface area (Å²) in [5.41, 5.74) is 0.929. The molecule has 0 radical (unpaired) electrons. The summed E-state index contributed by atoms with van der Waals surface area (Å²) >= 11 is 0. The smallest absolute Gasteiger partial charge is 0.335 e. The number of imide groups is 2. The topological polar surface area (TPSA) is 86.8 Å². The largest absolute Gasteiger partial charge is 0.354 e. The normalized spacial score (nSPS) is 32.3. The van der Waals surface area contributed by atoms with Crippen LogP contribution in [0.3, 0.4) is 0 Å². The Morgan fingerprint density at radius 3 is 2.07 bits per heavy atom. The van der Waals surface area contributed by atoms with Crippen LogP contribution in [0.1, 0.15) is 44.1 Å². The molecule has 1 aliphatic heterocycles. The number of benzene rings is 1. The average molecular weight is 409 g/mol. The van der Waals surface area contributed by atoms with Crippen LogP contribution in [0.2, 0.25) is 0 Å². The first-order chi connectivity index (χ1) is 14.4. The third-order valence-electron chi connectivity index (χ3n) is 7.45. The van der Waals surface area contributed by atoms with E-state index in [1.165, 1.54) is 38.5 Å². The van der Waals surface area contributed by atoms with E-state index < -0.39 is 24.4 Å². The number of urea groups is 1. The molecule has 0 atom stereocenters. The summed E-state index contributed by atoms with van der Waals surface area (Å²) in [4.78, 5) is 51.5. The Balaban J connectivity index is 1.19. The summed E-state index contributed by atoms with van der Waals surface area (Å²) in [7, 11) is 0. The Morgan fingerprint density at radius 2 is 1.47 bits per heavy atom. The lowest BCUT2D eigenvalue weighted by Crippen LogP contribution is -2.52. The van der Waals surface area contributed by atoms with Gasteiger partial charge in [0.2, 0.25) is 5.91 Å². The van der Waals surface area contributed by atoms with E-state index >= 15 is 0 Å². The lowest BCUT2D eigenvalue weighted by Gasteiger charge is -2.56. The van der Waals surface area contributed by atoms with Crippen molar-refractivity contribution < 1.29 is 19.2 Å². The third kappa shape index (κ3) is 3.40. The Kier molecular flexibility index (Phi) is 4.64. The molecule has 4 saturated carbocycles. The molecule has 1 aromatic rings. The molecule has 5 fully saturated rings. The number of carbonyl (C=O) groups is 4. The van der Waals surface area contributed by atoms with Crippen molar-refractivity contribution >= 4 is 23.8 Å². The van der Waals surface area contributed by atoms with Crippen molar-refractivity contribution in [1.82, 2.24) is 15.1 Å². The highest BCUT2D eigenvalue weighted by molar-refractivity contribution is 6.44. The van der Waals surface area contributed by atoms with Crippen LogP contribution in [0.15, 0.2) is 30.3 Å². The zero-order chi connectivity index (χ0) is 20.9. The molecule has 30 heavy (non-hydrogen) atoms. The lowest BCUT2D eigenvalue weighted by molar-refractivity contribution is -0.144. The number of hydrogen-bond donors (Lipinski definition) is 1. The van der Waals surface area contributed by atoms with Crippen molar-refractivity contribution in [2.24, 2.45) is 23.2 Å². The summed E-state index contributed by atoms with van der Waals surface area (Å²) in [5, 5.41) is 2.97. The van der Waals surface area contributed by atoms with Gasteiger partial charge in [0.15, 0.2) is 0 Å². The summed E-state index contributed by atoms with van der Waals surface area (Å²) in [6.45, 7) is 0.226. The summed E-state index contributed by atoms with van der Waals surface area (Å²) in [6, 6.07) is 8.29. The van der Waals surface area contributed by atoms with E-state index in [1.54, 1.807) is 24.3 Å². The lowest BCUT2D eigenvalue weighted by atomic mass is 9.49. The average Bonchev–Trinajstić information content (AvgIpc) is 2.90. The quantitative estimate of drug-likeness (QED) is 0.577. The molecule has 1 aromatic carbocycles. The predicted molar refractivity (Wildman–Crippen MR) is 108 cm³/mol. The van der Waals surface area contributed by atoms with E-state index in [2.05, 4.69) is 5.32 Å². The number of rotatable bonds is 6. The van der Waals surface area contributed by atoms with Crippen LogP contribution in [0.5, 0.6) is 0 Å². The third-order valence-corrected chi connectivity index (χ3v) is 7.45. The van der Waals surface area contributed by atoms with Gasteiger partial charge in [-0.3, -0.25) is 19.3 Å². The van der Waals surface area contributed by atoms with Crippen molar-refractivity contribution in [2.45, 2.75) is 45.1 Å². The number of carbonyl (C=O) groups excluding carboxylic acids is 4. The first-order valence-electron chi connectivity index (χ1n) is 10.9. The molecule has 0 unspecified atom stereocenters. The van der Waals surface area contributed by atoms with Crippen molar-refractivity contribution in [3.05, 3.63) is 35.9 Å². The van der Waals surface area contributed by atoms with Gasteiger partial charge in [-0.15, -0.1) is 0 Å². The Morgan fingerprint density at radius 1 is 0.900 bits per heavy atom. The molecule has 158 valence electrons. The standard InChI is InChI=1S/C23H27N3O4/c27-19(24-14-23-9-16-6-17(10-23)8-18(7-16)11-23)13-26-21(29)20(28)25(22(26)30)12-15-4-2-1-3-5-15/h1-5,16-18H,6-14H2,(H,24,27). The van der Waals surface area contributed by atoms with E-state index in [-0.39, 0.29) is 17.9 Å². The summed E-state index contributed by atoms with van der Waals surface area (Å²) < 4.78 is 0. The van der Waals surface area contributed by atoms with Crippen molar-refractivity contribution in [3.8, 4) is 0 Å². The van der Waals surface area contributed by atoms with Gasteiger partial charge in [-0.05, 0) is 67.3 Å². The van der Waals surface area contributed by atoms with Crippen molar-refractivity contribution in [2.75, 3.05) is 13.1 Å². The zero-order valence-corrected chi connectivity index (χ0v) is 17.0. The van der Waals surface area contributed by atoms with Gasteiger partial charge in [0.05, 0.1) is 6.54 Å². The summed E-state index contributed by atoms with van der Waals surface area (Å²) in [6.07, 6.45) is 7.52. The second-order valence-corrected chi connectivity index (χ2v) is 9.75. The first-order valence-corrected chi connectivity index (χ1v) is 10.9. The fraction of sp³-hybridized carbons (Fsp3) is 0.565. The van der Waals surface area contributed by atoms with Gasteiger partial charge < -0.3 is 5.32 Å². The van der Waals surface area contributed by atoms with Crippen LogP contribution in [0.25, 0.3) is 0 Å². The first kappa shape index (κ1) is 19.3. The van der Waals surface area contributed by atoms with Gasteiger partial charge in [0, 0.05) is 6.54 Å². The van der Waals surface area contributed by atoms with Crippen molar-refractivity contribution in [3.63, 3.8) is 0 Å². The fourth-order valence-corrected chi connectivity index (χ4v) is 6.59. The van der Waals surface area contributed by atoms with Crippen LogP contribution in [0, 0.1) is 23.2 Å². The molecule has 6 rings (SSSR count). The highest BCUT2D eigenvalue weighted by Gasteiger charge is 2.51. The molecule has 4 aliphatic carbocycles. The number of nitrogens with one attached hydrogen (secondary N) is 1. The Bertz CT molecular complexity index is 862. The molecule has 1 N–H and O–H groups in total. The molecule has 0 aromatic heterocycles. The maximum atomic E-state index is 12.6. The van der Waals surface area contributed by atoms with E-state index in [1.807, 2.05) is 6.07 Å². The minimum atomic E-state index is -0.930. The van der Waals surface area contributed by atoms with Gasteiger partial charge in [-0.1, -0.05) is 30.3 Å². The molecule has 5 aliphatic rings.